The van der Waals surface area contributed by atoms with Gasteiger partial charge in [-0.1, -0.05) is 6.42 Å². The molecule has 10 heavy (non-hydrogen) atoms. The number of nitrogens with one attached hydrogen (secondary N) is 1. The van der Waals surface area contributed by atoms with Gasteiger partial charge in [0.2, 0.25) is 0 Å². The van der Waals surface area contributed by atoms with Crippen LogP contribution < -0.4 is 5.32 Å². The second-order valence-corrected chi connectivity index (χ2v) is 2.99. The monoisotopic (exact) mass is 142 g/mol. The Kier molecular flexibility index (Phi) is 3.76. The van der Waals surface area contributed by atoms with Crippen molar-refractivity contribution in [3.05, 3.63) is 0 Å². The summed E-state index contributed by atoms with van der Waals surface area (Å²) in [6, 6.07) is 0.655. The summed E-state index contributed by atoms with van der Waals surface area (Å²) in [6.07, 6.45) is 5.87. The van der Waals surface area contributed by atoms with Gasteiger partial charge in [0, 0.05) is 6.04 Å². The van der Waals surface area contributed by atoms with Gasteiger partial charge in [-0.3, -0.25) is 0 Å². The van der Waals surface area contributed by atoms with Crippen LogP contribution in [0.5, 0.6) is 0 Å². The predicted molar refractivity (Wildman–Crippen MR) is 40.4 cm³/mol. The standard InChI is InChI=1S/C8H16NO/c10-7-3-5-8-4-1-2-6-9-8/h8-9H,1-7H2. The van der Waals surface area contributed by atoms with Crippen LogP contribution in [0, 0.1) is 0 Å². The van der Waals surface area contributed by atoms with Crippen molar-refractivity contribution in [2.45, 2.75) is 38.1 Å². The molecule has 1 unspecified atom stereocenters. The number of hydrogen-bond donors (Lipinski definition) is 1. The maximum Gasteiger partial charge on any atom is 0.0822 e. The first-order chi connectivity index (χ1) is 4.93. The van der Waals surface area contributed by atoms with E-state index in [9.17, 15) is 5.11 Å². The fourth-order valence-corrected chi connectivity index (χ4v) is 1.50. The summed E-state index contributed by atoms with van der Waals surface area (Å²) in [4.78, 5) is 0. The predicted octanol–water partition coefficient (Wildman–Crippen LogP) is 1.34. The molecule has 2 heteroatoms. The maximum atomic E-state index is 10.1. The Balaban J connectivity index is 2.02. The van der Waals surface area contributed by atoms with Gasteiger partial charge in [0.1, 0.15) is 0 Å². The minimum atomic E-state index is 0.0954. The van der Waals surface area contributed by atoms with Crippen LogP contribution in [0.15, 0.2) is 0 Å². The van der Waals surface area contributed by atoms with E-state index in [1.54, 1.807) is 0 Å². The van der Waals surface area contributed by atoms with Gasteiger partial charge < -0.3 is 5.32 Å². The Morgan fingerprint density at radius 1 is 1.40 bits per heavy atom. The van der Waals surface area contributed by atoms with Crippen molar-refractivity contribution in [2.24, 2.45) is 0 Å². The topological polar surface area (TPSA) is 31.9 Å². The lowest BCUT2D eigenvalue weighted by Gasteiger charge is -2.22. The van der Waals surface area contributed by atoms with Crippen LogP contribution in [0.2, 0.25) is 0 Å². The van der Waals surface area contributed by atoms with Crippen LogP contribution in [0.4, 0.5) is 0 Å². The fourth-order valence-electron chi connectivity index (χ4n) is 1.50. The molecule has 0 aromatic heterocycles. The summed E-state index contributed by atoms with van der Waals surface area (Å²) < 4.78 is 0. The summed E-state index contributed by atoms with van der Waals surface area (Å²) in [7, 11) is 0. The summed E-state index contributed by atoms with van der Waals surface area (Å²) in [5.74, 6) is 0. The zero-order chi connectivity index (χ0) is 7.23. The van der Waals surface area contributed by atoms with Crippen LogP contribution >= 0.6 is 0 Å². The normalized spacial score (nSPS) is 26.7. The minimum absolute atomic E-state index is 0.0954. The molecule has 1 heterocycles. The Hall–Kier alpha value is -0.0800. The molecule has 1 saturated heterocycles. The largest absolute Gasteiger partial charge is 0.314 e. The highest BCUT2D eigenvalue weighted by Crippen LogP contribution is 2.10. The quantitative estimate of drug-likeness (QED) is 0.633. The highest BCUT2D eigenvalue weighted by Gasteiger charge is 2.10. The first-order valence-corrected chi connectivity index (χ1v) is 4.25. The SMILES string of the molecule is [O]CCCC1CCCCN1. The van der Waals surface area contributed by atoms with Crippen LogP contribution in [-0.4, -0.2) is 19.2 Å². The van der Waals surface area contributed by atoms with Gasteiger partial charge in [-0.2, -0.15) is 0 Å². The molecule has 0 amide bonds. The van der Waals surface area contributed by atoms with E-state index >= 15 is 0 Å². The molecule has 59 valence electrons. The van der Waals surface area contributed by atoms with Gasteiger partial charge >= 0.3 is 0 Å². The molecule has 0 saturated carbocycles. The van der Waals surface area contributed by atoms with Crippen molar-refractivity contribution in [3.63, 3.8) is 0 Å². The van der Waals surface area contributed by atoms with E-state index in [2.05, 4.69) is 5.32 Å². The third kappa shape index (κ3) is 2.67. The Labute approximate surface area is 62.6 Å². The molecule has 1 aliphatic rings. The second kappa shape index (κ2) is 4.69. The van der Waals surface area contributed by atoms with Gasteiger partial charge in [-0.05, 0) is 32.2 Å². The molecule has 1 N–H and O–H groups in total. The average molecular weight is 142 g/mol. The van der Waals surface area contributed by atoms with Gasteiger partial charge in [-0.25, -0.2) is 5.11 Å². The average Bonchev–Trinajstić information content (AvgIpc) is 2.03. The Morgan fingerprint density at radius 2 is 2.30 bits per heavy atom. The molecular weight excluding hydrogens is 126 g/mol. The summed E-state index contributed by atoms with van der Waals surface area (Å²) in [6.45, 7) is 1.25. The number of piperidine rings is 1. The molecule has 0 aromatic rings. The Morgan fingerprint density at radius 3 is 2.90 bits per heavy atom. The molecule has 2 nitrogen and oxygen atoms in total. The second-order valence-electron chi connectivity index (χ2n) is 2.99. The van der Waals surface area contributed by atoms with Gasteiger partial charge in [-0.15, -0.1) is 0 Å². The van der Waals surface area contributed by atoms with Gasteiger partial charge in [0.25, 0.3) is 0 Å². The summed E-state index contributed by atoms with van der Waals surface area (Å²) in [5.41, 5.74) is 0. The third-order valence-corrected chi connectivity index (χ3v) is 2.11. The van der Waals surface area contributed by atoms with Gasteiger partial charge in [0.15, 0.2) is 0 Å². The smallest absolute Gasteiger partial charge is 0.0822 e. The van der Waals surface area contributed by atoms with Crippen molar-refractivity contribution >= 4 is 0 Å². The van der Waals surface area contributed by atoms with E-state index in [-0.39, 0.29) is 6.61 Å². The molecule has 1 atom stereocenters. The molecule has 1 radical (unpaired) electrons. The van der Waals surface area contributed by atoms with Crippen LogP contribution in [0.3, 0.4) is 0 Å². The molecule has 1 rings (SSSR count). The lowest BCUT2D eigenvalue weighted by Crippen LogP contribution is -2.33. The summed E-state index contributed by atoms with van der Waals surface area (Å²) in [5, 5.41) is 13.6. The molecular formula is C8H16NO. The zero-order valence-electron chi connectivity index (χ0n) is 6.44. The highest BCUT2D eigenvalue weighted by atomic mass is 16.2. The molecule has 0 aliphatic carbocycles. The maximum absolute atomic E-state index is 10.1. The zero-order valence-corrected chi connectivity index (χ0v) is 6.44. The van der Waals surface area contributed by atoms with E-state index in [4.69, 9.17) is 0 Å². The molecule has 0 spiro atoms. The van der Waals surface area contributed by atoms with Crippen molar-refractivity contribution in [3.8, 4) is 0 Å². The van der Waals surface area contributed by atoms with Crippen LogP contribution in [-0.2, 0) is 5.11 Å². The first-order valence-electron chi connectivity index (χ1n) is 4.25. The van der Waals surface area contributed by atoms with E-state index in [0.717, 1.165) is 19.4 Å². The van der Waals surface area contributed by atoms with Gasteiger partial charge in [0.05, 0.1) is 6.61 Å². The van der Waals surface area contributed by atoms with Crippen molar-refractivity contribution in [1.29, 1.82) is 0 Å². The molecule has 0 aromatic carbocycles. The summed E-state index contributed by atoms with van der Waals surface area (Å²) >= 11 is 0. The number of rotatable bonds is 3. The highest BCUT2D eigenvalue weighted by molar-refractivity contribution is 4.71. The van der Waals surface area contributed by atoms with Crippen molar-refractivity contribution in [2.75, 3.05) is 13.2 Å². The van der Waals surface area contributed by atoms with E-state index in [1.165, 1.54) is 19.3 Å². The molecule has 1 aliphatic heterocycles. The van der Waals surface area contributed by atoms with E-state index < -0.39 is 0 Å². The Bertz CT molecular complexity index is 79.3. The minimum Gasteiger partial charge on any atom is -0.314 e. The van der Waals surface area contributed by atoms with Crippen molar-refractivity contribution in [1.82, 2.24) is 5.32 Å². The fraction of sp³-hybridized carbons (Fsp3) is 1.00. The first kappa shape index (κ1) is 8.02. The molecule has 0 bridgehead atoms. The molecule has 1 fully saturated rings. The lowest BCUT2D eigenvalue weighted by atomic mass is 10.0. The third-order valence-electron chi connectivity index (χ3n) is 2.11. The number of hydrogen-bond acceptors (Lipinski definition) is 1. The van der Waals surface area contributed by atoms with E-state index in [1.807, 2.05) is 0 Å². The lowest BCUT2D eigenvalue weighted by molar-refractivity contribution is 0.180. The van der Waals surface area contributed by atoms with Crippen LogP contribution in [0.25, 0.3) is 0 Å². The van der Waals surface area contributed by atoms with E-state index in [0.29, 0.717) is 6.04 Å². The van der Waals surface area contributed by atoms with Crippen molar-refractivity contribution < 1.29 is 5.11 Å². The van der Waals surface area contributed by atoms with Crippen LogP contribution in [0.1, 0.15) is 32.1 Å².